The van der Waals surface area contributed by atoms with E-state index in [0.717, 1.165) is 12.2 Å². The number of allylic oxidation sites excluding steroid dienone is 2. The van der Waals surface area contributed by atoms with Crippen LogP contribution in [0.2, 0.25) is 0 Å². The van der Waals surface area contributed by atoms with Crippen molar-refractivity contribution in [1.29, 1.82) is 0 Å². The van der Waals surface area contributed by atoms with Gasteiger partial charge >= 0.3 is 11.9 Å². The highest BCUT2D eigenvalue weighted by molar-refractivity contribution is 5.79. The van der Waals surface area contributed by atoms with Gasteiger partial charge in [-0.1, -0.05) is 12.2 Å². The standard InChI is InChI=1S/C5H12O4.2C4H6O2/c6-1-5(2-7,3-8)4-9;2*1-2-3-4(5)6/h6-9H,1-4H2;2*2-3H,1H3,(H,5,6). The molecule has 0 radical (unpaired) electrons. The number of carboxylic acid groups (broad SMARTS) is 2. The summed E-state index contributed by atoms with van der Waals surface area (Å²) in [6, 6.07) is 0. The number of rotatable bonds is 6. The third kappa shape index (κ3) is 18.3. The second kappa shape index (κ2) is 16.3. The second-order valence-corrected chi connectivity index (χ2v) is 3.81. The largest absolute Gasteiger partial charge is 0.478 e. The lowest BCUT2D eigenvalue weighted by Crippen LogP contribution is -2.37. The summed E-state index contributed by atoms with van der Waals surface area (Å²) in [7, 11) is 0. The van der Waals surface area contributed by atoms with Crippen molar-refractivity contribution in [2.75, 3.05) is 26.4 Å². The van der Waals surface area contributed by atoms with Crippen LogP contribution in [0.5, 0.6) is 0 Å². The average molecular weight is 308 g/mol. The van der Waals surface area contributed by atoms with Crippen molar-refractivity contribution in [3.05, 3.63) is 24.3 Å². The van der Waals surface area contributed by atoms with E-state index in [1.165, 1.54) is 12.2 Å². The topological polar surface area (TPSA) is 156 Å². The molecule has 0 aliphatic rings. The number of carboxylic acids is 2. The van der Waals surface area contributed by atoms with Gasteiger partial charge in [0.05, 0.1) is 31.8 Å². The molecule has 0 atom stereocenters. The van der Waals surface area contributed by atoms with Gasteiger partial charge in [0.15, 0.2) is 0 Å². The van der Waals surface area contributed by atoms with E-state index in [9.17, 15) is 9.59 Å². The molecule has 0 aromatic rings. The van der Waals surface area contributed by atoms with Crippen molar-refractivity contribution in [1.82, 2.24) is 0 Å². The minimum atomic E-state index is -1.11. The highest BCUT2D eigenvalue weighted by atomic mass is 16.4. The Balaban J connectivity index is -0.000000240. The maximum atomic E-state index is 9.51. The van der Waals surface area contributed by atoms with Crippen molar-refractivity contribution in [2.24, 2.45) is 5.41 Å². The summed E-state index contributed by atoms with van der Waals surface area (Å²) >= 11 is 0. The quantitative estimate of drug-likeness (QED) is 0.350. The summed E-state index contributed by atoms with van der Waals surface area (Å²) in [6.45, 7) is 1.70. The Kier molecular flexibility index (Phi) is 18.9. The highest BCUT2D eigenvalue weighted by Crippen LogP contribution is 2.11. The monoisotopic (exact) mass is 308 g/mol. The lowest BCUT2D eigenvalue weighted by Gasteiger charge is -2.23. The van der Waals surface area contributed by atoms with E-state index in [1.54, 1.807) is 13.8 Å². The Morgan fingerprint density at radius 2 is 1.00 bits per heavy atom. The average Bonchev–Trinajstić information content (AvgIpc) is 2.43. The lowest BCUT2D eigenvalue weighted by atomic mass is 9.93. The summed E-state index contributed by atoms with van der Waals surface area (Å²) in [5.74, 6) is -1.78. The molecule has 0 unspecified atom stereocenters. The molecular weight excluding hydrogens is 284 g/mol. The summed E-state index contributed by atoms with van der Waals surface area (Å²) in [5, 5.41) is 49.6. The van der Waals surface area contributed by atoms with Crippen molar-refractivity contribution in [3.63, 3.8) is 0 Å². The smallest absolute Gasteiger partial charge is 0.327 e. The zero-order valence-electron chi connectivity index (χ0n) is 12.1. The molecule has 0 saturated carbocycles. The molecule has 8 nitrogen and oxygen atoms in total. The van der Waals surface area contributed by atoms with Crippen molar-refractivity contribution < 1.29 is 40.2 Å². The van der Waals surface area contributed by atoms with Crippen LogP contribution in [-0.2, 0) is 9.59 Å². The number of aliphatic hydroxyl groups excluding tert-OH is 4. The third-order valence-corrected chi connectivity index (χ3v) is 1.96. The molecule has 0 amide bonds. The maximum Gasteiger partial charge on any atom is 0.327 e. The molecule has 0 aromatic carbocycles. The Morgan fingerprint density at radius 1 is 0.762 bits per heavy atom. The van der Waals surface area contributed by atoms with Crippen LogP contribution in [0.15, 0.2) is 24.3 Å². The molecule has 8 heteroatoms. The van der Waals surface area contributed by atoms with Crippen LogP contribution in [0.25, 0.3) is 0 Å². The van der Waals surface area contributed by atoms with E-state index in [2.05, 4.69) is 0 Å². The fraction of sp³-hybridized carbons (Fsp3) is 0.538. The molecule has 124 valence electrons. The van der Waals surface area contributed by atoms with Crippen LogP contribution in [0.4, 0.5) is 0 Å². The van der Waals surface area contributed by atoms with Crippen LogP contribution in [-0.4, -0.2) is 69.0 Å². The van der Waals surface area contributed by atoms with Gasteiger partial charge < -0.3 is 30.6 Å². The zero-order valence-corrected chi connectivity index (χ0v) is 12.1. The Hall–Kier alpha value is -1.74. The van der Waals surface area contributed by atoms with Gasteiger partial charge in [0.25, 0.3) is 0 Å². The van der Waals surface area contributed by atoms with Gasteiger partial charge in [-0.15, -0.1) is 0 Å². The van der Waals surface area contributed by atoms with E-state index in [1.807, 2.05) is 0 Å². The molecule has 0 saturated heterocycles. The van der Waals surface area contributed by atoms with E-state index >= 15 is 0 Å². The lowest BCUT2D eigenvalue weighted by molar-refractivity contribution is -0.132. The van der Waals surface area contributed by atoms with Crippen molar-refractivity contribution in [2.45, 2.75) is 13.8 Å². The van der Waals surface area contributed by atoms with Gasteiger partial charge in [-0.2, -0.15) is 0 Å². The molecule has 21 heavy (non-hydrogen) atoms. The van der Waals surface area contributed by atoms with Gasteiger partial charge in [-0.3, -0.25) is 0 Å². The van der Waals surface area contributed by atoms with E-state index < -0.39 is 43.8 Å². The fourth-order valence-electron chi connectivity index (χ4n) is 0.585. The van der Waals surface area contributed by atoms with Gasteiger partial charge in [-0.05, 0) is 13.8 Å². The number of hydrogen-bond acceptors (Lipinski definition) is 6. The van der Waals surface area contributed by atoms with E-state index in [-0.39, 0.29) is 0 Å². The van der Waals surface area contributed by atoms with Crippen molar-refractivity contribution in [3.8, 4) is 0 Å². The second-order valence-electron chi connectivity index (χ2n) is 3.81. The molecular formula is C13H24O8. The van der Waals surface area contributed by atoms with E-state index in [4.69, 9.17) is 30.6 Å². The summed E-state index contributed by atoms with van der Waals surface area (Å²) in [4.78, 5) is 19.0. The zero-order chi connectivity index (χ0) is 17.3. The summed E-state index contributed by atoms with van der Waals surface area (Å²) < 4.78 is 0. The number of carbonyl (C=O) groups is 2. The summed E-state index contributed by atoms with van der Waals surface area (Å²) in [6.07, 6.45) is 5.12. The van der Waals surface area contributed by atoms with Gasteiger partial charge in [0.1, 0.15) is 0 Å². The Bertz CT molecular complexity index is 279. The maximum absolute atomic E-state index is 9.51. The first-order chi connectivity index (χ1) is 9.78. The normalized spacial score (nSPS) is 10.6. The van der Waals surface area contributed by atoms with Gasteiger partial charge in [0.2, 0.25) is 0 Å². The first-order valence-corrected chi connectivity index (χ1v) is 5.93. The van der Waals surface area contributed by atoms with Crippen LogP contribution in [0.3, 0.4) is 0 Å². The SMILES string of the molecule is CC=CC(=O)O.CC=CC(=O)O.OCC(CO)(CO)CO. The Morgan fingerprint density at radius 3 is 1.00 bits per heavy atom. The third-order valence-electron chi connectivity index (χ3n) is 1.96. The minimum Gasteiger partial charge on any atom is -0.478 e. The number of aliphatic hydroxyl groups is 4. The van der Waals surface area contributed by atoms with Gasteiger partial charge in [0, 0.05) is 12.2 Å². The van der Waals surface area contributed by atoms with Crippen molar-refractivity contribution >= 4 is 11.9 Å². The van der Waals surface area contributed by atoms with Crippen LogP contribution in [0, 0.1) is 5.41 Å². The first-order valence-electron chi connectivity index (χ1n) is 5.93. The number of aliphatic carboxylic acids is 2. The predicted molar refractivity (Wildman–Crippen MR) is 75.7 cm³/mol. The van der Waals surface area contributed by atoms with E-state index in [0.29, 0.717) is 0 Å². The molecule has 0 aromatic heterocycles. The molecule has 0 aliphatic heterocycles. The molecule has 0 rings (SSSR count). The number of hydrogen-bond donors (Lipinski definition) is 6. The Labute approximate surface area is 123 Å². The molecule has 0 bridgehead atoms. The molecule has 6 N–H and O–H groups in total. The van der Waals surface area contributed by atoms with Gasteiger partial charge in [-0.25, -0.2) is 9.59 Å². The minimum absolute atomic E-state index is 0.406. The van der Waals surface area contributed by atoms with Crippen LogP contribution < -0.4 is 0 Å². The molecule has 0 fully saturated rings. The summed E-state index contributed by atoms with van der Waals surface area (Å²) in [5.41, 5.74) is -1.11. The highest BCUT2D eigenvalue weighted by Gasteiger charge is 2.26. The molecule has 0 spiro atoms. The first kappa shape index (κ1) is 24.3. The molecule has 0 heterocycles. The fourth-order valence-corrected chi connectivity index (χ4v) is 0.585. The van der Waals surface area contributed by atoms with Crippen LogP contribution in [0.1, 0.15) is 13.8 Å². The molecule has 0 aliphatic carbocycles. The predicted octanol–water partition coefficient (Wildman–Crippen LogP) is -0.764. The van der Waals surface area contributed by atoms with Crippen LogP contribution >= 0.6 is 0 Å².